The minimum Gasteiger partial charge on any atom is -0.480 e. The summed E-state index contributed by atoms with van der Waals surface area (Å²) in [6.07, 6.45) is 3.17. The van der Waals surface area contributed by atoms with Gasteiger partial charge in [-0.2, -0.15) is 0 Å². The highest BCUT2D eigenvalue weighted by Crippen LogP contribution is 2.35. The van der Waals surface area contributed by atoms with E-state index in [4.69, 9.17) is 12.2 Å². The normalized spacial score (nSPS) is 17.7. The smallest absolute Gasteiger partial charge is 0.327 e. The van der Waals surface area contributed by atoms with Crippen LogP contribution >= 0.6 is 24.0 Å². The fourth-order valence-corrected chi connectivity index (χ4v) is 3.90. The monoisotopic (exact) mass is 373 g/mol. The SMILES string of the molecule is CC(C)C(C(=O)O)N1C(=O)/C(=C/c2cnc3ccccc3n2)SC1=S. The molecule has 6 nitrogen and oxygen atoms in total. The Hall–Kier alpha value is -2.32. The molecule has 0 spiro atoms. The van der Waals surface area contributed by atoms with E-state index in [1.165, 1.54) is 4.90 Å². The van der Waals surface area contributed by atoms with Crippen LogP contribution in [0.15, 0.2) is 35.4 Å². The number of carbonyl (C=O) groups excluding carboxylic acids is 1. The molecule has 1 aromatic carbocycles. The van der Waals surface area contributed by atoms with E-state index in [9.17, 15) is 14.7 Å². The van der Waals surface area contributed by atoms with Crippen LogP contribution < -0.4 is 0 Å². The van der Waals surface area contributed by atoms with Gasteiger partial charge >= 0.3 is 5.97 Å². The van der Waals surface area contributed by atoms with E-state index in [0.29, 0.717) is 10.6 Å². The molecule has 1 aliphatic rings. The number of carboxylic acids is 1. The second-order valence-corrected chi connectivity index (χ2v) is 7.54. The third-order valence-electron chi connectivity index (χ3n) is 3.73. The van der Waals surface area contributed by atoms with Gasteiger partial charge in [0.1, 0.15) is 10.4 Å². The van der Waals surface area contributed by atoms with Crippen LogP contribution in [0.4, 0.5) is 0 Å². The van der Waals surface area contributed by atoms with Crippen molar-refractivity contribution >= 4 is 57.3 Å². The predicted molar refractivity (Wildman–Crippen MR) is 101 cm³/mol. The lowest BCUT2D eigenvalue weighted by Crippen LogP contribution is -2.47. The highest BCUT2D eigenvalue weighted by molar-refractivity contribution is 8.26. The summed E-state index contributed by atoms with van der Waals surface area (Å²) in [4.78, 5) is 34.5. The first-order valence-corrected chi connectivity index (χ1v) is 8.82. The maximum absolute atomic E-state index is 12.7. The highest BCUT2D eigenvalue weighted by Gasteiger charge is 2.41. The average molecular weight is 373 g/mol. The first kappa shape index (κ1) is 17.5. The Labute approximate surface area is 154 Å². The Morgan fingerprint density at radius 3 is 2.64 bits per heavy atom. The first-order chi connectivity index (χ1) is 11.9. The number of nitrogens with zero attached hydrogens (tertiary/aromatic N) is 3. The summed E-state index contributed by atoms with van der Waals surface area (Å²) < 4.78 is 0.242. The van der Waals surface area contributed by atoms with Crippen LogP contribution in [-0.2, 0) is 9.59 Å². The zero-order valence-corrected chi connectivity index (χ0v) is 15.2. The lowest BCUT2D eigenvalue weighted by molar-refractivity contribution is -0.146. The van der Waals surface area contributed by atoms with E-state index in [0.717, 1.165) is 22.8 Å². The number of carbonyl (C=O) groups is 2. The molecule has 0 bridgehead atoms. The largest absolute Gasteiger partial charge is 0.480 e. The topological polar surface area (TPSA) is 83.4 Å². The van der Waals surface area contributed by atoms with E-state index in [-0.39, 0.29) is 10.2 Å². The molecular formula is C17H15N3O3S2. The first-order valence-electron chi connectivity index (χ1n) is 7.60. The number of hydrogen-bond acceptors (Lipinski definition) is 6. The van der Waals surface area contributed by atoms with Gasteiger partial charge in [0.2, 0.25) is 0 Å². The van der Waals surface area contributed by atoms with E-state index in [1.807, 2.05) is 24.3 Å². The summed E-state index contributed by atoms with van der Waals surface area (Å²) >= 11 is 6.31. The number of thiocarbonyl (C=S) groups is 1. The van der Waals surface area contributed by atoms with Crippen LogP contribution in [0.2, 0.25) is 0 Å². The van der Waals surface area contributed by atoms with Crippen LogP contribution in [0.3, 0.4) is 0 Å². The number of amides is 1. The molecule has 2 aromatic rings. The number of aliphatic carboxylic acids is 1. The summed E-state index contributed by atoms with van der Waals surface area (Å²) in [5.74, 6) is -1.75. The van der Waals surface area contributed by atoms with Gasteiger partial charge in [-0.1, -0.05) is 50.0 Å². The number of thioether (sulfide) groups is 1. The van der Waals surface area contributed by atoms with Crippen molar-refractivity contribution in [3.63, 3.8) is 0 Å². The number of rotatable bonds is 4. The van der Waals surface area contributed by atoms with Crippen molar-refractivity contribution in [2.45, 2.75) is 19.9 Å². The predicted octanol–water partition coefficient (Wildman–Crippen LogP) is 2.94. The average Bonchev–Trinajstić information content (AvgIpc) is 2.82. The molecule has 1 aliphatic heterocycles. The molecule has 1 aromatic heterocycles. The summed E-state index contributed by atoms with van der Waals surface area (Å²) in [6.45, 7) is 3.49. The molecule has 1 fully saturated rings. The Morgan fingerprint density at radius 1 is 1.32 bits per heavy atom. The van der Waals surface area contributed by atoms with Gasteiger partial charge in [-0.15, -0.1) is 0 Å². The minimum absolute atomic E-state index is 0.242. The number of aromatic nitrogens is 2. The zero-order valence-electron chi connectivity index (χ0n) is 13.5. The van der Waals surface area contributed by atoms with Gasteiger partial charge in [0.25, 0.3) is 5.91 Å². The molecule has 128 valence electrons. The fourth-order valence-electron chi connectivity index (χ4n) is 2.59. The Morgan fingerprint density at radius 2 is 2.00 bits per heavy atom. The second kappa shape index (κ2) is 6.89. The van der Waals surface area contributed by atoms with E-state index >= 15 is 0 Å². The quantitative estimate of drug-likeness (QED) is 0.651. The molecule has 1 N–H and O–H groups in total. The fraction of sp³-hybridized carbons (Fsp3) is 0.235. The van der Waals surface area contributed by atoms with E-state index in [2.05, 4.69) is 9.97 Å². The molecule has 3 rings (SSSR count). The lowest BCUT2D eigenvalue weighted by atomic mass is 10.0. The summed E-state index contributed by atoms with van der Waals surface area (Å²) in [7, 11) is 0. The number of fused-ring (bicyclic) bond motifs is 1. The van der Waals surface area contributed by atoms with E-state index < -0.39 is 17.9 Å². The highest BCUT2D eigenvalue weighted by atomic mass is 32.2. The molecule has 1 atom stereocenters. The van der Waals surface area contributed by atoms with Crippen molar-refractivity contribution in [1.29, 1.82) is 0 Å². The van der Waals surface area contributed by atoms with E-state index in [1.54, 1.807) is 26.1 Å². The molecule has 1 amide bonds. The molecule has 8 heteroatoms. The standard InChI is InChI=1S/C17H15N3O3S2/c1-9(2)14(16(22)23)20-15(21)13(25-17(20)24)7-10-8-18-11-5-3-4-6-12(11)19-10/h3-9,14H,1-2H3,(H,22,23)/b13-7-. The van der Waals surface area contributed by atoms with Crippen molar-refractivity contribution < 1.29 is 14.7 Å². The van der Waals surface area contributed by atoms with Gasteiger partial charge in [0.05, 0.1) is 27.8 Å². The van der Waals surface area contributed by atoms with Crippen LogP contribution in [0, 0.1) is 5.92 Å². The molecule has 1 saturated heterocycles. The molecule has 1 unspecified atom stereocenters. The third kappa shape index (κ3) is 3.40. The van der Waals surface area contributed by atoms with Gasteiger partial charge in [-0.25, -0.2) is 9.78 Å². The molecule has 0 radical (unpaired) electrons. The van der Waals surface area contributed by atoms with Crippen molar-refractivity contribution in [3.05, 3.63) is 41.1 Å². The van der Waals surface area contributed by atoms with Crippen LogP contribution in [0.25, 0.3) is 17.1 Å². The minimum atomic E-state index is -1.07. The van der Waals surface area contributed by atoms with Crippen LogP contribution in [-0.4, -0.2) is 42.2 Å². The maximum Gasteiger partial charge on any atom is 0.327 e. The summed E-state index contributed by atoms with van der Waals surface area (Å²) in [5, 5.41) is 9.43. The number of para-hydroxylation sites is 2. The maximum atomic E-state index is 12.7. The van der Waals surface area contributed by atoms with Crippen molar-refractivity contribution in [1.82, 2.24) is 14.9 Å². The van der Waals surface area contributed by atoms with Gasteiger partial charge in [-0.3, -0.25) is 14.7 Å². The van der Waals surface area contributed by atoms with Crippen LogP contribution in [0.5, 0.6) is 0 Å². The number of benzene rings is 1. The number of carboxylic acid groups (broad SMARTS) is 1. The molecule has 0 saturated carbocycles. The van der Waals surface area contributed by atoms with Crippen molar-refractivity contribution in [3.8, 4) is 0 Å². The van der Waals surface area contributed by atoms with Crippen LogP contribution in [0.1, 0.15) is 19.5 Å². The summed E-state index contributed by atoms with van der Waals surface area (Å²) in [6, 6.07) is 6.44. The number of hydrogen-bond donors (Lipinski definition) is 1. The zero-order chi connectivity index (χ0) is 18.1. The lowest BCUT2D eigenvalue weighted by Gasteiger charge is -2.26. The summed E-state index contributed by atoms with van der Waals surface area (Å²) in [5.41, 5.74) is 2.01. The Kier molecular flexibility index (Phi) is 4.82. The van der Waals surface area contributed by atoms with Gasteiger partial charge in [0.15, 0.2) is 0 Å². The Bertz CT molecular complexity index is 911. The molecule has 2 heterocycles. The Balaban J connectivity index is 1.95. The molecule has 0 aliphatic carbocycles. The van der Waals surface area contributed by atoms with Gasteiger partial charge < -0.3 is 5.11 Å². The molecular weight excluding hydrogens is 358 g/mol. The van der Waals surface area contributed by atoms with Crippen molar-refractivity contribution in [2.75, 3.05) is 0 Å². The van der Waals surface area contributed by atoms with Crippen molar-refractivity contribution in [2.24, 2.45) is 5.92 Å². The molecule has 25 heavy (non-hydrogen) atoms. The third-order valence-corrected chi connectivity index (χ3v) is 5.06. The van der Waals surface area contributed by atoms with Gasteiger partial charge in [-0.05, 0) is 24.1 Å². The van der Waals surface area contributed by atoms with Gasteiger partial charge in [0, 0.05) is 0 Å². The second-order valence-electron chi connectivity index (χ2n) is 5.86.